The monoisotopic (exact) mass is 374 g/mol. The molecular weight excluding hydrogens is 352 g/mol. The van der Waals surface area contributed by atoms with Gasteiger partial charge in [0.25, 0.3) is 5.91 Å². The van der Waals surface area contributed by atoms with E-state index >= 15 is 0 Å². The lowest BCUT2D eigenvalue weighted by Gasteiger charge is -2.10. The van der Waals surface area contributed by atoms with Crippen molar-refractivity contribution in [2.75, 3.05) is 13.7 Å². The Morgan fingerprint density at radius 1 is 1.38 bits per heavy atom. The molecule has 1 N–H and O–H groups in total. The normalized spacial score (nSPS) is 13.1. The number of nitrogens with one attached hydrogen (secondary N) is 1. The van der Waals surface area contributed by atoms with E-state index in [-0.39, 0.29) is 18.4 Å². The molecule has 0 atom stereocenters. The molecule has 0 aliphatic carbocycles. The van der Waals surface area contributed by atoms with Gasteiger partial charge >= 0.3 is 0 Å². The Hall–Kier alpha value is -2.48. The van der Waals surface area contributed by atoms with Gasteiger partial charge in [-0.15, -0.1) is 11.3 Å². The molecular formula is C18H22N4O3S. The molecule has 3 rings (SSSR count). The number of aromatic nitrogens is 2. The van der Waals surface area contributed by atoms with E-state index in [4.69, 9.17) is 4.74 Å². The number of ether oxygens (including phenoxy) is 1. The van der Waals surface area contributed by atoms with Crippen molar-refractivity contribution in [3.8, 4) is 5.88 Å². The second kappa shape index (κ2) is 7.41. The van der Waals surface area contributed by atoms with E-state index in [9.17, 15) is 9.59 Å². The minimum atomic E-state index is -0.0965. The zero-order chi connectivity index (χ0) is 18.8. The van der Waals surface area contributed by atoms with Gasteiger partial charge in [-0.1, -0.05) is 0 Å². The quantitative estimate of drug-likeness (QED) is 0.836. The van der Waals surface area contributed by atoms with Crippen molar-refractivity contribution in [2.24, 2.45) is 0 Å². The largest absolute Gasteiger partial charge is 0.481 e. The molecule has 1 aliphatic rings. The van der Waals surface area contributed by atoms with Gasteiger partial charge in [-0.3, -0.25) is 9.59 Å². The molecule has 8 heteroatoms. The summed E-state index contributed by atoms with van der Waals surface area (Å²) in [5.74, 6) is 0.321. The average molecular weight is 374 g/mol. The third-order valence-electron chi connectivity index (χ3n) is 4.37. The second-order valence-corrected chi connectivity index (χ2v) is 7.45. The molecule has 0 spiro atoms. The highest BCUT2D eigenvalue weighted by Crippen LogP contribution is 2.27. The number of hydrogen-bond acceptors (Lipinski definition) is 6. The summed E-state index contributed by atoms with van der Waals surface area (Å²) in [5, 5.41) is 3.84. The predicted octanol–water partition coefficient (Wildman–Crippen LogP) is 2.00. The molecule has 0 saturated carbocycles. The maximum Gasteiger partial charge on any atom is 0.256 e. The van der Waals surface area contributed by atoms with E-state index in [2.05, 4.69) is 15.3 Å². The zero-order valence-corrected chi connectivity index (χ0v) is 16.2. The highest BCUT2D eigenvalue weighted by atomic mass is 32.1. The smallest absolute Gasteiger partial charge is 0.256 e. The Balaban J connectivity index is 1.72. The summed E-state index contributed by atoms with van der Waals surface area (Å²) < 4.78 is 5.35. The molecule has 2 amide bonds. The van der Waals surface area contributed by atoms with Crippen molar-refractivity contribution in [3.05, 3.63) is 38.5 Å². The first-order valence-corrected chi connectivity index (χ1v) is 9.30. The lowest BCUT2D eigenvalue weighted by molar-refractivity contribution is -0.120. The van der Waals surface area contributed by atoms with Crippen LogP contribution in [0.4, 0.5) is 0 Å². The lowest BCUT2D eigenvalue weighted by atomic mass is 10.1. The molecule has 0 unspecified atom stereocenters. The van der Waals surface area contributed by atoms with E-state index in [0.717, 1.165) is 21.3 Å². The van der Waals surface area contributed by atoms with Crippen LogP contribution < -0.4 is 10.1 Å². The average Bonchev–Trinajstić information content (AvgIpc) is 3.10. The molecule has 7 nitrogen and oxygen atoms in total. The molecule has 3 heterocycles. The number of rotatable bonds is 6. The summed E-state index contributed by atoms with van der Waals surface area (Å²) in [4.78, 5) is 36.1. The highest BCUT2D eigenvalue weighted by molar-refractivity contribution is 7.11. The van der Waals surface area contributed by atoms with Gasteiger partial charge in [0.05, 0.1) is 42.0 Å². The number of carbonyl (C=O) groups excluding carboxylic acids is 2. The molecule has 0 radical (unpaired) electrons. The van der Waals surface area contributed by atoms with Crippen molar-refractivity contribution in [3.63, 3.8) is 0 Å². The SMILES string of the molecule is CCN1Cc2nc(OC)c(CNC(=O)Cc3sc(C)nc3C)cc2C1=O. The first-order valence-electron chi connectivity index (χ1n) is 8.48. The van der Waals surface area contributed by atoms with Crippen molar-refractivity contribution < 1.29 is 14.3 Å². The first kappa shape index (κ1) is 18.3. The Morgan fingerprint density at radius 2 is 2.15 bits per heavy atom. The van der Waals surface area contributed by atoms with Gasteiger partial charge < -0.3 is 15.0 Å². The fourth-order valence-corrected chi connectivity index (χ4v) is 3.94. The number of thiazole rings is 1. The van der Waals surface area contributed by atoms with Crippen LogP contribution in [0.1, 0.15) is 44.1 Å². The number of pyridine rings is 1. The fraction of sp³-hybridized carbons (Fsp3) is 0.444. The molecule has 1 aliphatic heterocycles. The summed E-state index contributed by atoms with van der Waals surface area (Å²) in [6.07, 6.45) is 0.292. The van der Waals surface area contributed by atoms with Crippen LogP contribution in [-0.4, -0.2) is 40.3 Å². The summed E-state index contributed by atoms with van der Waals surface area (Å²) in [6.45, 7) is 7.17. The minimum Gasteiger partial charge on any atom is -0.481 e. The first-order chi connectivity index (χ1) is 12.4. The number of amides is 2. The van der Waals surface area contributed by atoms with Crippen molar-refractivity contribution in [1.82, 2.24) is 20.2 Å². The number of fused-ring (bicyclic) bond motifs is 1. The van der Waals surface area contributed by atoms with Gasteiger partial charge in [0.2, 0.25) is 11.8 Å². The summed E-state index contributed by atoms with van der Waals surface area (Å²) >= 11 is 1.53. The number of carbonyl (C=O) groups is 2. The Bertz CT molecular complexity index is 862. The van der Waals surface area contributed by atoms with Gasteiger partial charge in [-0.25, -0.2) is 9.97 Å². The van der Waals surface area contributed by atoms with E-state index in [1.807, 2.05) is 20.8 Å². The highest BCUT2D eigenvalue weighted by Gasteiger charge is 2.29. The van der Waals surface area contributed by atoms with Crippen molar-refractivity contribution in [2.45, 2.75) is 40.3 Å². The third-order valence-corrected chi connectivity index (χ3v) is 5.44. The van der Waals surface area contributed by atoms with Gasteiger partial charge in [0.15, 0.2) is 0 Å². The summed E-state index contributed by atoms with van der Waals surface area (Å²) in [5.41, 5.74) is 2.90. The van der Waals surface area contributed by atoms with Crippen LogP contribution in [0, 0.1) is 13.8 Å². The van der Waals surface area contributed by atoms with Gasteiger partial charge in [-0.2, -0.15) is 0 Å². The number of aryl methyl sites for hydroxylation is 2. The standard InChI is InChI=1S/C18H22N4O3S/c1-5-22-9-14-13(18(22)24)6-12(17(21-14)25-4)8-19-16(23)7-15-10(2)20-11(3)26-15/h6H,5,7-9H2,1-4H3,(H,19,23). The fourth-order valence-electron chi connectivity index (χ4n) is 3.00. The van der Waals surface area contributed by atoms with E-state index < -0.39 is 0 Å². The van der Waals surface area contributed by atoms with Crippen LogP contribution in [0.25, 0.3) is 0 Å². The molecule has 0 aromatic carbocycles. The Labute approximate surface area is 156 Å². The lowest BCUT2D eigenvalue weighted by Crippen LogP contribution is -2.25. The van der Waals surface area contributed by atoms with Gasteiger partial charge in [0, 0.05) is 23.5 Å². The van der Waals surface area contributed by atoms with Crippen molar-refractivity contribution in [1.29, 1.82) is 0 Å². The molecule has 0 fully saturated rings. The minimum absolute atomic E-state index is 0.0269. The summed E-state index contributed by atoms with van der Waals surface area (Å²) in [6, 6.07) is 1.78. The maximum absolute atomic E-state index is 12.4. The van der Waals surface area contributed by atoms with Crippen LogP contribution in [0.2, 0.25) is 0 Å². The van der Waals surface area contributed by atoms with Crippen LogP contribution in [0.3, 0.4) is 0 Å². The van der Waals surface area contributed by atoms with E-state index in [0.29, 0.717) is 36.5 Å². The third kappa shape index (κ3) is 3.55. The molecule has 138 valence electrons. The molecule has 0 bridgehead atoms. The topological polar surface area (TPSA) is 84.4 Å². The molecule has 2 aromatic rings. The van der Waals surface area contributed by atoms with E-state index in [1.54, 1.807) is 11.0 Å². The zero-order valence-electron chi connectivity index (χ0n) is 15.4. The molecule has 2 aromatic heterocycles. The Morgan fingerprint density at radius 3 is 2.77 bits per heavy atom. The van der Waals surface area contributed by atoms with Gasteiger partial charge in [-0.05, 0) is 26.8 Å². The van der Waals surface area contributed by atoms with E-state index in [1.165, 1.54) is 18.4 Å². The van der Waals surface area contributed by atoms with Crippen LogP contribution in [-0.2, 0) is 24.3 Å². The van der Waals surface area contributed by atoms with Crippen LogP contribution in [0.15, 0.2) is 6.07 Å². The van der Waals surface area contributed by atoms with Gasteiger partial charge in [0.1, 0.15) is 0 Å². The maximum atomic E-state index is 12.4. The number of nitrogens with zero attached hydrogens (tertiary/aromatic N) is 3. The van der Waals surface area contributed by atoms with Crippen LogP contribution in [0.5, 0.6) is 5.88 Å². The Kier molecular flexibility index (Phi) is 5.22. The predicted molar refractivity (Wildman–Crippen MR) is 98.3 cm³/mol. The second-order valence-electron chi connectivity index (χ2n) is 6.17. The van der Waals surface area contributed by atoms with Crippen molar-refractivity contribution >= 4 is 23.2 Å². The van der Waals surface area contributed by atoms with Crippen LogP contribution >= 0.6 is 11.3 Å². The molecule has 26 heavy (non-hydrogen) atoms. The molecule has 0 saturated heterocycles. The summed E-state index contributed by atoms with van der Waals surface area (Å²) in [7, 11) is 1.54. The number of methoxy groups -OCH3 is 1. The number of hydrogen-bond donors (Lipinski definition) is 1.